The Balaban J connectivity index is 2.04. The van der Waals surface area contributed by atoms with Crippen molar-refractivity contribution in [2.24, 2.45) is 5.14 Å². The average Bonchev–Trinajstić information content (AvgIpc) is 2.81. The molecule has 1 aromatic rings. The standard InChI is InChI=1S/C26H34N4O2S/c1-4-20(12-13-23(5-2)31-3)14-15-29-25-16-22(18-27)17-26(30-25)32-24-10-6-8-21(19-33-28)9-7-11-24/h6,8-9,11-13,16-17H,4-5,7,10,14-15,19,28H2,1-3H3,(H,29,30)/b8-6-,20-12+,21-9+,23-13+,24-11+. The van der Waals surface area contributed by atoms with Gasteiger partial charge in [0.1, 0.15) is 11.6 Å². The number of nitrogens with zero attached hydrogens (tertiary/aromatic N) is 2. The van der Waals surface area contributed by atoms with Crippen molar-refractivity contribution in [1.29, 1.82) is 5.26 Å². The lowest BCUT2D eigenvalue weighted by Crippen LogP contribution is -2.06. The minimum absolute atomic E-state index is 0.417. The number of nitriles is 1. The maximum absolute atomic E-state index is 9.44. The first kappa shape index (κ1) is 26.3. The predicted molar refractivity (Wildman–Crippen MR) is 138 cm³/mol. The zero-order chi connectivity index (χ0) is 23.9. The van der Waals surface area contributed by atoms with Crippen molar-refractivity contribution in [1.82, 2.24) is 4.98 Å². The van der Waals surface area contributed by atoms with Crippen molar-refractivity contribution in [2.45, 2.75) is 46.0 Å². The SMILES string of the molecule is CC/C(=C\C=C(/CC)OC)CCNc1cc(C#N)cc(O/C2=C/C/C=C(CSN)\C=C/C2)n1. The first-order valence-electron chi connectivity index (χ1n) is 11.2. The van der Waals surface area contributed by atoms with Gasteiger partial charge in [-0.25, -0.2) is 0 Å². The molecule has 0 amide bonds. The summed E-state index contributed by atoms with van der Waals surface area (Å²) in [5.41, 5.74) is 3.02. The van der Waals surface area contributed by atoms with Crippen LogP contribution in [0.15, 0.2) is 71.3 Å². The highest BCUT2D eigenvalue weighted by atomic mass is 32.2. The Bertz CT molecular complexity index is 965. The predicted octanol–water partition coefficient (Wildman–Crippen LogP) is 6.18. The summed E-state index contributed by atoms with van der Waals surface area (Å²) in [5, 5.41) is 18.3. The third-order valence-corrected chi connectivity index (χ3v) is 5.62. The fraction of sp³-hybridized carbons (Fsp3) is 0.385. The Hall–Kier alpha value is -2.95. The van der Waals surface area contributed by atoms with Crippen LogP contribution < -0.4 is 15.2 Å². The van der Waals surface area contributed by atoms with Gasteiger partial charge in [-0.15, -0.1) is 0 Å². The van der Waals surface area contributed by atoms with Gasteiger partial charge in [-0.1, -0.05) is 55.7 Å². The molecule has 0 radical (unpaired) electrons. The highest BCUT2D eigenvalue weighted by Crippen LogP contribution is 2.21. The molecule has 3 N–H and O–H groups in total. The summed E-state index contributed by atoms with van der Waals surface area (Å²) in [7, 11) is 1.70. The lowest BCUT2D eigenvalue weighted by atomic mass is 10.1. The summed E-state index contributed by atoms with van der Waals surface area (Å²) in [4.78, 5) is 4.56. The Kier molecular flexibility index (Phi) is 11.9. The molecule has 0 atom stereocenters. The van der Waals surface area contributed by atoms with Crippen molar-refractivity contribution in [3.05, 3.63) is 76.8 Å². The van der Waals surface area contributed by atoms with Crippen molar-refractivity contribution in [3.8, 4) is 11.9 Å². The quantitative estimate of drug-likeness (QED) is 0.216. The van der Waals surface area contributed by atoms with E-state index in [1.807, 2.05) is 12.2 Å². The number of pyridine rings is 1. The van der Waals surface area contributed by atoms with Gasteiger partial charge < -0.3 is 14.8 Å². The van der Waals surface area contributed by atoms with Crippen LogP contribution in [0.4, 0.5) is 5.82 Å². The first-order valence-corrected chi connectivity index (χ1v) is 12.3. The van der Waals surface area contributed by atoms with E-state index in [2.05, 4.69) is 54.5 Å². The monoisotopic (exact) mass is 466 g/mol. The van der Waals surface area contributed by atoms with Crippen molar-refractivity contribution in [2.75, 3.05) is 24.7 Å². The molecular formula is C26H34N4O2S. The van der Waals surface area contributed by atoms with Crippen LogP contribution >= 0.6 is 11.9 Å². The minimum atomic E-state index is 0.417. The number of allylic oxidation sites excluding steroid dienone is 7. The smallest absolute Gasteiger partial charge is 0.221 e. The summed E-state index contributed by atoms with van der Waals surface area (Å²) in [6.45, 7) is 4.92. The van der Waals surface area contributed by atoms with E-state index < -0.39 is 0 Å². The summed E-state index contributed by atoms with van der Waals surface area (Å²) in [6.07, 6.45) is 16.6. The van der Waals surface area contributed by atoms with Crippen LogP contribution in [-0.4, -0.2) is 24.4 Å². The van der Waals surface area contributed by atoms with E-state index in [1.165, 1.54) is 23.1 Å². The zero-order valence-corrected chi connectivity index (χ0v) is 20.6. The summed E-state index contributed by atoms with van der Waals surface area (Å²) in [5.74, 6) is 3.61. The van der Waals surface area contributed by atoms with Crippen molar-refractivity contribution < 1.29 is 9.47 Å². The number of nitrogens with two attached hydrogens (primary N) is 1. The fourth-order valence-electron chi connectivity index (χ4n) is 3.22. The van der Waals surface area contributed by atoms with Gasteiger partial charge in [-0.2, -0.15) is 10.2 Å². The number of anilines is 1. The molecule has 176 valence electrons. The molecular weight excluding hydrogens is 432 g/mol. The molecule has 1 aliphatic carbocycles. The van der Waals surface area contributed by atoms with Gasteiger partial charge in [0, 0.05) is 31.2 Å². The molecule has 33 heavy (non-hydrogen) atoms. The molecule has 0 spiro atoms. The number of aromatic nitrogens is 1. The van der Waals surface area contributed by atoms with E-state index in [0.717, 1.165) is 43.0 Å². The lowest BCUT2D eigenvalue weighted by molar-refractivity contribution is 0.281. The average molecular weight is 467 g/mol. The Morgan fingerprint density at radius 3 is 2.82 bits per heavy atom. The second-order valence-corrected chi connectivity index (χ2v) is 8.06. The van der Waals surface area contributed by atoms with Gasteiger partial charge in [0.25, 0.3) is 0 Å². The second-order valence-electron chi connectivity index (χ2n) is 7.44. The highest BCUT2D eigenvalue weighted by Gasteiger charge is 2.08. The van der Waals surface area contributed by atoms with E-state index in [4.69, 9.17) is 14.6 Å². The van der Waals surface area contributed by atoms with E-state index in [1.54, 1.807) is 19.2 Å². The maximum atomic E-state index is 9.44. The van der Waals surface area contributed by atoms with Gasteiger partial charge in [-0.05, 0) is 43.1 Å². The molecule has 1 heterocycles. The van der Waals surface area contributed by atoms with Crippen LogP contribution in [0.1, 0.15) is 51.5 Å². The van der Waals surface area contributed by atoms with E-state index in [0.29, 0.717) is 30.2 Å². The van der Waals surface area contributed by atoms with Gasteiger partial charge in [0.05, 0.1) is 24.5 Å². The maximum Gasteiger partial charge on any atom is 0.221 e. The van der Waals surface area contributed by atoms with Crippen molar-refractivity contribution in [3.63, 3.8) is 0 Å². The molecule has 0 unspecified atom stereocenters. The molecule has 1 aliphatic rings. The van der Waals surface area contributed by atoms with Crippen LogP contribution in [0.25, 0.3) is 0 Å². The summed E-state index contributed by atoms with van der Waals surface area (Å²) < 4.78 is 11.4. The third-order valence-electron chi connectivity index (χ3n) is 5.12. The van der Waals surface area contributed by atoms with Crippen molar-refractivity contribution >= 4 is 17.8 Å². The molecule has 0 saturated heterocycles. The third kappa shape index (κ3) is 9.60. The van der Waals surface area contributed by atoms with Crippen LogP contribution in [0.2, 0.25) is 0 Å². The lowest BCUT2D eigenvalue weighted by Gasteiger charge is -2.12. The Morgan fingerprint density at radius 2 is 2.12 bits per heavy atom. The normalized spacial score (nSPS) is 18.6. The number of rotatable bonds is 12. The number of methoxy groups -OCH3 is 1. The minimum Gasteiger partial charge on any atom is -0.501 e. The number of hydrogen-bond donors (Lipinski definition) is 2. The fourth-order valence-corrected chi connectivity index (χ4v) is 3.63. The molecule has 1 aromatic heterocycles. The van der Waals surface area contributed by atoms with Gasteiger partial charge in [0.2, 0.25) is 5.88 Å². The van der Waals surface area contributed by atoms with E-state index in [-0.39, 0.29) is 0 Å². The molecule has 7 heteroatoms. The van der Waals surface area contributed by atoms with Crippen LogP contribution in [0.3, 0.4) is 0 Å². The van der Waals surface area contributed by atoms with E-state index >= 15 is 0 Å². The Labute approximate surface area is 202 Å². The van der Waals surface area contributed by atoms with Crippen LogP contribution in [-0.2, 0) is 4.74 Å². The molecule has 0 saturated carbocycles. The molecule has 0 bridgehead atoms. The largest absolute Gasteiger partial charge is 0.501 e. The molecule has 6 nitrogen and oxygen atoms in total. The van der Waals surface area contributed by atoms with Crippen LogP contribution in [0, 0.1) is 11.3 Å². The summed E-state index contributed by atoms with van der Waals surface area (Å²) in [6, 6.07) is 5.60. The molecule has 0 fully saturated rings. The van der Waals surface area contributed by atoms with Gasteiger partial charge in [0.15, 0.2) is 0 Å². The number of nitrogens with one attached hydrogen (secondary N) is 1. The number of ether oxygens (including phenoxy) is 2. The molecule has 0 aliphatic heterocycles. The van der Waals surface area contributed by atoms with E-state index in [9.17, 15) is 5.26 Å². The highest BCUT2D eigenvalue weighted by molar-refractivity contribution is 7.97. The second kappa shape index (κ2) is 15.0. The zero-order valence-electron chi connectivity index (χ0n) is 19.8. The van der Waals surface area contributed by atoms with Gasteiger partial charge in [-0.3, -0.25) is 5.14 Å². The first-order chi connectivity index (χ1) is 16.1. The molecule has 2 rings (SSSR count). The topological polar surface area (TPSA) is 93.2 Å². The van der Waals surface area contributed by atoms with Crippen LogP contribution in [0.5, 0.6) is 5.88 Å². The molecule has 0 aromatic carbocycles. The number of hydrogen-bond acceptors (Lipinski definition) is 7. The Morgan fingerprint density at radius 1 is 1.27 bits per heavy atom. The summed E-state index contributed by atoms with van der Waals surface area (Å²) >= 11 is 1.32. The van der Waals surface area contributed by atoms with Gasteiger partial charge >= 0.3 is 0 Å².